The molecular formula is C36H40ClN3O8. The lowest BCUT2D eigenvalue weighted by Gasteiger charge is -2.32. The Hall–Kier alpha value is -4.00. The average molecular weight is 678 g/mol. The molecule has 4 aromatic rings. The van der Waals surface area contributed by atoms with Crippen LogP contribution in [-0.2, 0) is 4.74 Å². The van der Waals surface area contributed by atoms with E-state index in [4.69, 9.17) is 25.8 Å². The van der Waals surface area contributed by atoms with Gasteiger partial charge >= 0.3 is 5.95 Å². The summed E-state index contributed by atoms with van der Waals surface area (Å²) in [4.78, 5) is 21.5. The minimum Gasteiger partial charge on any atom is -0.504 e. The predicted molar refractivity (Wildman–Crippen MR) is 182 cm³/mol. The summed E-state index contributed by atoms with van der Waals surface area (Å²) in [6.07, 6.45) is -2.25. The summed E-state index contributed by atoms with van der Waals surface area (Å²) in [6, 6.07) is 16.8. The van der Waals surface area contributed by atoms with Gasteiger partial charge in [0.1, 0.15) is 29.4 Å². The lowest BCUT2D eigenvalue weighted by molar-refractivity contribution is -0.133. The van der Waals surface area contributed by atoms with E-state index in [1.165, 1.54) is 0 Å². The fourth-order valence-corrected chi connectivity index (χ4v) is 7.19. The molecule has 48 heavy (non-hydrogen) atoms. The Labute approximate surface area is 282 Å². The average Bonchev–Trinajstić information content (AvgIpc) is 3.70. The summed E-state index contributed by atoms with van der Waals surface area (Å²) in [5.74, 6) is -0.0617. The van der Waals surface area contributed by atoms with Crippen molar-refractivity contribution in [2.24, 2.45) is 5.92 Å². The Morgan fingerprint density at radius 1 is 1.10 bits per heavy atom. The maximum Gasteiger partial charge on any atom is 0.327 e. The zero-order valence-corrected chi connectivity index (χ0v) is 27.6. The highest BCUT2D eigenvalue weighted by Gasteiger charge is 2.41. The smallest absolute Gasteiger partial charge is 0.327 e. The number of hydrogen-bond donors (Lipinski definition) is 5. The molecule has 3 aliphatic heterocycles. The number of piperidine rings is 1. The van der Waals surface area contributed by atoms with E-state index < -0.39 is 36.6 Å². The molecule has 3 aromatic carbocycles. The van der Waals surface area contributed by atoms with E-state index in [1.807, 2.05) is 55.5 Å². The van der Waals surface area contributed by atoms with E-state index in [2.05, 4.69) is 16.9 Å². The second kappa shape index (κ2) is 13.1. The van der Waals surface area contributed by atoms with Crippen LogP contribution < -0.4 is 14.4 Å². The molecule has 7 rings (SSSR count). The molecule has 0 bridgehead atoms. The number of rotatable bonds is 8. The summed E-state index contributed by atoms with van der Waals surface area (Å²) in [5.41, 5.74) is 2.69. The van der Waals surface area contributed by atoms with Crippen molar-refractivity contribution in [3.05, 3.63) is 77.6 Å². The minimum atomic E-state index is -1.71. The van der Waals surface area contributed by atoms with Gasteiger partial charge in [-0.1, -0.05) is 24.3 Å². The van der Waals surface area contributed by atoms with E-state index in [0.29, 0.717) is 35.8 Å². The molecule has 0 saturated carbocycles. The lowest BCUT2D eigenvalue weighted by atomic mass is 9.92. The molecule has 0 spiro atoms. The predicted octanol–water partition coefficient (Wildman–Crippen LogP) is 4.63. The van der Waals surface area contributed by atoms with Crippen molar-refractivity contribution in [2.75, 3.05) is 44.8 Å². The number of carbonyl (C=O) groups excluding carboxylic acids is 1. The molecule has 1 aromatic heterocycles. The molecule has 3 aliphatic rings. The Balaban J connectivity index is 1.21. The second-order valence-corrected chi connectivity index (χ2v) is 13.8. The highest BCUT2D eigenvalue weighted by atomic mass is 35.5. The van der Waals surface area contributed by atoms with E-state index in [-0.39, 0.29) is 23.0 Å². The van der Waals surface area contributed by atoms with Gasteiger partial charge < -0.3 is 49.4 Å². The van der Waals surface area contributed by atoms with Crippen molar-refractivity contribution in [1.29, 1.82) is 0 Å². The Morgan fingerprint density at radius 2 is 1.85 bits per heavy atom. The third kappa shape index (κ3) is 5.94. The zero-order valence-electron chi connectivity index (χ0n) is 26.8. The summed E-state index contributed by atoms with van der Waals surface area (Å²) in [6.45, 7) is 4.43. The molecule has 1 fully saturated rings. The highest BCUT2D eigenvalue weighted by Crippen LogP contribution is 2.48. The van der Waals surface area contributed by atoms with Crippen LogP contribution in [-0.4, -0.2) is 99.8 Å². The number of anilines is 1. The van der Waals surface area contributed by atoms with Crippen molar-refractivity contribution in [3.63, 3.8) is 0 Å². The number of aliphatic hydroxyl groups is 4. The topological polar surface area (TPSA) is 148 Å². The number of likely N-dealkylation sites (tertiary alicyclic amines) is 1. The maximum absolute atomic E-state index is 14.3. The molecule has 1 saturated heterocycles. The van der Waals surface area contributed by atoms with Gasteiger partial charge in [0.15, 0.2) is 6.10 Å². The first kappa shape index (κ1) is 32.5. The molecule has 4 heterocycles. The first-order chi connectivity index (χ1) is 23.1. The molecule has 0 aliphatic carbocycles. The number of benzene rings is 3. The summed E-state index contributed by atoms with van der Waals surface area (Å²) >= 11 is 6.75. The van der Waals surface area contributed by atoms with Gasteiger partial charge in [-0.05, 0) is 81.0 Å². The molecule has 12 heteroatoms. The number of amides is 1. The molecule has 5 atom stereocenters. The molecule has 3 unspecified atom stereocenters. The van der Waals surface area contributed by atoms with Crippen molar-refractivity contribution in [3.8, 4) is 11.5 Å². The van der Waals surface area contributed by atoms with Crippen LogP contribution in [0.15, 0.2) is 66.3 Å². The molecule has 5 N–H and O–H groups in total. The number of nitrogens with one attached hydrogen (secondary N) is 1. The minimum absolute atomic E-state index is 0.192. The van der Waals surface area contributed by atoms with E-state index >= 15 is 0 Å². The first-order valence-electron chi connectivity index (χ1n) is 16.3. The number of aliphatic hydroxyl groups excluding tert-OH is 4. The third-order valence-corrected chi connectivity index (χ3v) is 10.2. The van der Waals surface area contributed by atoms with Gasteiger partial charge in [0.2, 0.25) is 5.76 Å². The van der Waals surface area contributed by atoms with Gasteiger partial charge in [0.05, 0.1) is 18.9 Å². The number of fused-ring (bicyclic) bond motifs is 4. The lowest BCUT2D eigenvalue weighted by Crippen LogP contribution is -2.47. The van der Waals surface area contributed by atoms with Gasteiger partial charge in [-0.15, -0.1) is 11.6 Å². The first-order valence-corrected chi connectivity index (χ1v) is 16.8. The molecule has 254 valence electrons. The fraction of sp³-hybridized carbons (Fsp3) is 0.417. The SMILES string of the molecule is CC(Cl)[C@@H]1CN(C(=O)c2cc3cc(OCC4CCN(C)CC4)ccc3[nH]2)c2cc(OC3=C(O)C(O)[C@@H](O)C(CO)O3)c3ccccc3c21. The van der Waals surface area contributed by atoms with Crippen LogP contribution in [0.1, 0.15) is 41.7 Å². The highest BCUT2D eigenvalue weighted by molar-refractivity contribution is 6.22. The van der Waals surface area contributed by atoms with E-state index in [0.717, 1.165) is 53.5 Å². The number of H-pyrrole nitrogens is 1. The largest absolute Gasteiger partial charge is 0.504 e. The number of aromatic amines is 1. The van der Waals surface area contributed by atoms with Crippen LogP contribution in [0.4, 0.5) is 5.69 Å². The van der Waals surface area contributed by atoms with E-state index in [9.17, 15) is 25.2 Å². The van der Waals surface area contributed by atoms with Crippen LogP contribution in [0.3, 0.4) is 0 Å². The summed E-state index contributed by atoms with van der Waals surface area (Å²) in [5, 5.41) is 42.8. The van der Waals surface area contributed by atoms with Crippen LogP contribution >= 0.6 is 11.6 Å². The standard InChI is InChI=1S/C36H40ClN3O8/c1-19(37)25-16-40(35(45)27-14-21-13-22(7-8-26(21)38-27)46-18-20-9-11-39(2)12-10-20)28-15-29(23-5-3-4-6-24(23)31(25)28)47-36-34(44)33(43)32(42)30(17-41)48-36/h3-8,13-15,19-20,25,30,32-33,38,41-44H,9-12,16-18H2,1-2H3/t19?,25-,30?,32-,33?/m0/s1. The van der Waals surface area contributed by atoms with Gasteiger partial charge in [-0.3, -0.25) is 4.79 Å². The second-order valence-electron chi connectivity index (χ2n) is 13.1. The Morgan fingerprint density at radius 3 is 2.58 bits per heavy atom. The molecular weight excluding hydrogens is 638 g/mol. The van der Waals surface area contributed by atoms with Crippen LogP contribution in [0.5, 0.6) is 11.5 Å². The van der Waals surface area contributed by atoms with E-state index in [1.54, 1.807) is 11.0 Å². The number of halogens is 1. The van der Waals surface area contributed by atoms with Crippen LogP contribution in [0.25, 0.3) is 21.7 Å². The maximum atomic E-state index is 14.3. The third-order valence-electron chi connectivity index (χ3n) is 9.85. The number of hydrogen-bond acceptors (Lipinski definition) is 9. The van der Waals surface area contributed by atoms with Crippen molar-refractivity contribution in [2.45, 2.75) is 49.4 Å². The number of aromatic nitrogens is 1. The fourth-order valence-electron chi connectivity index (χ4n) is 6.98. The molecule has 1 amide bonds. The summed E-state index contributed by atoms with van der Waals surface area (Å²) in [7, 11) is 2.14. The molecule has 0 radical (unpaired) electrons. The Bertz CT molecular complexity index is 1870. The molecule has 11 nitrogen and oxygen atoms in total. The van der Waals surface area contributed by atoms with Crippen molar-refractivity contribution >= 4 is 44.9 Å². The van der Waals surface area contributed by atoms with Gasteiger partial charge in [0.25, 0.3) is 5.91 Å². The van der Waals surface area contributed by atoms with Crippen molar-refractivity contribution in [1.82, 2.24) is 9.88 Å². The van der Waals surface area contributed by atoms with Crippen LogP contribution in [0, 0.1) is 5.92 Å². The monoisotopic (exact) mass is 677 g/mol. The van der Waals surface area contributed by atoms with Gasteiger partial charge in [-0.25, -0.2) is 0 Å². The summed E-state index contributed by atoms with van der Waals surface area (Å²) < 4.78 is 17.7. The van der Waals surface area contributed by atoms with Gasteiger partial charge in [-0.2, -0.15) is 0 Å². The Kier molecular flexibility index (Phi) is 8.90. The quantitative estimate of drug-likeness (QED) is 0.168. The number of nitrogens with zero attached hydrogens (tertiary/aromatic N) is 2. The number of ether oxygens (including phenoxy) is 3. The zero-order chi connectivity index (χ0) is 33.7. The number of alkyl halides is 1. The van der Waals surface area contributed by atoms with Gasteiger partial charge in [0, 0.05) is 40.2 Å². The number of carbonyl (C=O) groups is 1. The normalized spacial score (nSPS) is 24.2. The van der Waals surface area contributed by atoms with Crippen LogP contribution in [0.2, 0.25) is 0 Å². The van der Waals surface area contributed by atoms with Crippen molar-refractivity contribution < 1.29 is 39.4 Å².